The molecule has 0 atom stereocenters. The Morgan fingerprint density at radius 2 is 1.86 bits per heavy atom. The molecule has 1 heterocycles. The summed E-state index contributed by atoms with van der Waals surface area (Å²) in [5.41, 5.74) is 2.19. The first-order valence-corrected chi connectivity index (χ1v) is 9.91. The summed E-state index contributed by atoms with van der Waals surface area (Å²) in [6.07, 6.45) is 4.23. The number of aromatic nitrogens is 2. The fourth-order valence-corrected chi connectivity index (χ4v) is 3.09. The summed E-state index contributed by atoms with van der Waals surface area (Å²) in [6, 6.07) is 10.3. The van der Waals surface area contributed by atoms with E-state index in [4.69, 9.17) is 0 Å². The number of aromatic amines is 1. The second-order valence-electron chi connectivity index (χ2n) is 6.67. The minimum atomic E-state index is 0. The van der Waals surface area contributed by atoms with Gasteiger partial charge in [-0.05, 0) is 38.0 Å². The van der Waals surface area contributed by atoms with E-state index in [1.807, 2.05) is 38.5 Å². The van der Waals surface area contributed by atoms with Crippen LogP contribution in [0.2, 0.25) is 0 Å². The van der Waals surface area contributed by atoms with Crippen molar-refractivity contribution in [3.63, 3.8) is 0 Å². The highest BCUT2D eigenvalue weighted by Gasteiger charge is 2.09. The van der Waals surface area contributed by atoms with Crippen molar-refractivity contribution >= 4 is 29.9 Å². The van der Waals surface area contributed by atoms with E-state index in [-0.39, 0.29) is 24.0 Å². The first-order chi connectivity index (χ1) is 13.2. The molecule has 0 saturated carbocycles. The van der Waals surface area contributed by atoms with Crippen LogP contribution in [0.1, 0.15) is 32.5 Å². The molecule has 0 radical (unpaired) electrons. The van der Waals surface area contributed by atoms with Gasteiger partial charge in [-0.25, -0.2) is 4.98 Å². The van der Waals surface area contributed by atoms with Gasteiger partial charge in [0.05, 0.1) is 18.4 Å². The molecule has 7 heteroatoms. The van der Waals surface area contributed by atoms with E-state index in [0.29, 0.717) is 6.54 Å². The number of hydrogen-bond acceptors (Lipinski definition) is 3. The van der Waals surface area contributed by atoms with Gasteiger partial charge in [-0.1, -0.05) is 44.2 Å². The molecule has 2 aromatic rings. The van der Waals surface area contributed by atoms with E-state index >= 15 is 0 Å². The summed E-state index contributed by atoms with van der Waals surface area (Å²) in [6.45, 7) is 9.48. The standard InChI is InChI=1S/C21H34N6.HI/c1-5-27(6-2)15-11-10-14-23-21(22-3)26(4)17-20-24-16-19(25-20)18-12-8-7-9-13-18;/h7-9,12-13,16H,5-6,10-11,14-15,17H2,1-4H3,(H,22,23)(H,24,25);1H. The molecular formula is C21H35IN6. The minimum Gasteiger partial charge on any atom is -0.356 e. The Kier molecular flexibility index (Phi) is 11.8. The first kappa shape index (κ1) is 24.4. The lowest BCUT2D eigenvalue weighted by atomic mass is 10.2. The highest BCUT2D eigenvalue weighted by molar-refractivity contribution is 14.0. The number of guanidine groups is 1. The quantitative estimate of drug-likeness (QED) is 0.226. The van der Waals surface area contributed by atoms with Crippen LogP contribution >= 0.6 is 24.0 Å². The molecule has 2 rings (SSSR count). The Morgan fingerprint density at radius 3 is 2.50 bits per heavy atom. The van der Waals surface area contributed by atoms with Gasteiger partial charge in [-0.2, -0.15) is 0 Å². The van der Waals surface area contributed by atoms with Crippen LogP contribution in [0.25, 0.3) is 11.3 Å². The summed E-state index contributed by atoms with van der Waals surface area (Å²) >= 11 is 0. The molecule has 6 nitrogen and oxygen atoms in total. The Balaban J connectivity index is 0.00000392. The van der Waals surface area contributed by atoms with Crippen molar-refractivity contribution in [3.05, 3.63) is 42.4 Å². The molecule has 1 aromatic heterocycles. The smallest absolute Gasteiger partial charge is 0.193 e. The lowest BCUT2D eigenvalue weighted by Gasteiger charge is -2.21. The van der Waals surface area contributed by atoms with Crippen molar-refractivity contribution < 1.29 is 0 Å². The van der Waals surface area contributed by atoms with Crippen LogP contribution in [0.3, 0.4) is 0 Å². The molecule has 0 fully saturated rings. The molecular weight excluding hydrogens is 463 g/mol. The van der Waals surface area contributed by atoms with E-state index in [1.165, 1.54) is 6.42 Å². The Morgan fingerprint density at radius 1 is 1.14 bits per heavy atom. The number of nitrogens with zero attached hydrogens (tertiary/aromatic N) is 4. The van der Waals surface area contributed by atoms with E-state index in [2.05, 4.69) is 56.1 Å². The second-order valence-corrected chi connectivity index (χ2v) is 6.67. The Hall–Kier alpha value is -1.61. The summed E-state index contributed by atoms with van der Waals surface area (Å²) in [4.78, 5) is 16.9. The number of unbranched alkanes of at least 4 members (excludes halogenated alkanes) is 1. The van der Waals surface area contributed by atoms with Crippen LogP contribution in [-0.4, -0.2) is 66.0 Å². The molecule has 0 aliphatic carbocycles. The van der Waals surface area contributed by atoms with E-state index in [0.717, 1.165) is 55.6 Å². The fraction of sp³-hybridized carbons (Fsp3) is 0.524. The zero-order valence-electron chi connectivity index (χ0n) is 17.6. The maximum absolute atomic E-state index is 4.51. The van der Waals surface area contributed by atoms with Gasteiger partial charge in [0, 0.05) is 20.6 Å². The first-order valence-electron chi connectivity index (χ1n) is 9.91. The summed E-state index contributed by atoms with van der Waals surface area (Å²) in [5.74, 6) is 1.83. The molecule has 2 N–H and O–H groups in total. The average molecular weight is 498 g/mol. The van der Waals surface area contributed by atoms with Gasteiger partial charge in [-0.3, -0.25) is 4.99 Å². The Bertz CT molecular complexity index is 681. The highest BCUT2D eigenvalue weighted by atomic mass is 127. The summed E-state index contributed by atoms with van der Waals surface area (Å²) in [5, 5.41) is 3.45. The van der Waals surface area contributed by atoms with E-state index in [1.54, 1.807) is 0 Å². The highest BCUT2D eigenvalue weighted by Crippen LogP contribution is 2.16. The maximum Gasteiger partial charge on any atom is 0.193 e. The predicted octanol–water partition coefficient (Wildman–Crippen LogP) is 3.82. The van der Waals surface area contributed by atoms with Crippen LogP contribution in [0, 0.1) is 0 Å². The number of aliphatic imine (C=N–C) groups is 1. The van der Waals surface area contributed by atoms with Crippen molar-refractivity contribution in [3.8, 4) is 11.3 Å². The van der Waals surface area contributed by atoms with Crippen LogP contribution in [0.15, 0.2) is 41.5 Å². The normalized spacial score (nSPS) is 11.4. The van der Waals surface area contributed by atoms with Crippen LogP contribution in [-0.2, 0) is 6.54 Å². The SMILES string of the molecule is CCN(CC)CCCCNC(=NC)N(C)Cc1ncc(-c2ccccc2)[nH]1.I. The molecule has 156 valence electrons. The number of nitrogens with one attached hydrogen (secondary N) is 2. The number of hydrogen-bond donors (Lipinski definition) is 2. The molecule has 0 aliphatic rings. The molecule has 0 saturated heterocycles. The van der Waals surface area contributed by atoms with Crippen molar-refractivity contribution in [2.75, 3.05) is 40.3 Å². The monoisotopic (exact) mass is 498 g/mol. The van der Waals surface area contributed by atoms with Gasteiger partial charge in [-0.15, -0.1) is 24.0 Å². The van der Waals surface area contributed by atoms with Crippen LogP contribution in [0.4, 0.5) is 0 Å². The number of H-pyrrole nitrogens is 1. The maximum atomic E-state index is 4.51. The van der Waals surface area contributed by atoms with E-state index in [9.17, 15) is 0 Å². The van der Waals surface area contributed by atoms with Crippen LogP contribution in [0.5, 0.6) is 0 Å². The molecule has 28 heavy (non-hydrogen) atoms. The van der Waals surface area contributed by atoms with Crippen LogP contribution < -0.4 is 5.32 Å². The number of benzene rings is 1. The third-order valence-corrected chi connectivity index (χ3v) is 4.75. The molecule has 0 amide bonds. The third-order valence-electron chi connectivity index (χ3n) is 4.75. The fourth-order valence-electron chi connectivity index (χ4n) is 3.09. The molecule has 0 bridgehead atoms. The minimum absolute atomic E-state index is 0. The average Bonchev–Trinajstić information content (AvgIpc) is 3.16. The number of imidazole rings is 1. The van der Waals surface area contributed by atoms with Crippen molar-refractivity contribution in [1.82, 2.24) is 25.1 Å². The van der Waals surface area contributed by atoms with Gasteiger partial charge in [0.1, 0.15) is 5.82 Å². The lowest BCUT2D eigenvalue weighted by molar-refractivity contribution is 0.297. The molecule has 1 aromatic carbocycles. The lowest BCUT2D eigenvalue weighted by Crippen LogP contribution is -2.39. The van der Waals surface area contributed by atoms with Gasteiger partial charge in [0.2, 0.25) is 0 Å². The summed E-state index contributed by atoms with van der Waals surface area (Å²) in [7, 11) is 3.86. The molecule has 0 unspecified atom stereocenters. The second kappa shape index (κ2) is 13.5. The topological polar surface area (TPSA) is 59.5 Å². The molecule has 0 aliphatic heterocycles. The summed E-state index contributed by atoms with van der Waals surface area (Å²) < 4.78 is 0. The van der Waals surface area contributed by atoms with Crippen molar-refractivity contribution in [2.24, 2.45) is 4.99 Å². The van der Waals surface area contributed by atoms with Gasteiger partial charge >= 0.3 is 0 Å². The zero-order valence-corrected chi connectivity index (χ0v) is 19.9. The predicted molar refractivity (Wildman–Crippen MR) is 129 cm³/mol. The van der Waals surface area contributed by atoms with Crippen molar-refractivity contribution in [2.45, 2.75) is 33.2 Å². The number of halogens is 1. The molecule has 0 spiro atoms. The number of rotatable bonds is 10. The van der Waals surface area contributed by atoms with Crippen molar-refractivity contribution in [1.29, 1.82) is 0 Å². The zero-order chi connectivity index (χ0) is 19.5. The van der Waals surface area contributed by atoms with E-state index < -0.39 is 0 Å². The van der Waals surface area contributed by atoms with Gasteiger partial charge in [0.25, 0.3) is 0 Å². The Labute approximate surface area is 186 Å². The van der Waals surface area contributed by atoms with Gasteiger partial charge in [0.15, 0.2) is 5.96 Å². The third kappa shape index (κ3) is 7.79. The van der Waals surface area contributed by atoms with Gasteiger partial charge < -0.3 is 20.1 Å². The largest absolute Gasteiger partial charge is 0.356 e.